The molecule has 1 heterocycles. The number of thioether (sulfide) groups is 1. The molecule has 5 heteroatoms. The third-order valence-corrected chi connectivity index (χ3v) is 3.54. The van der Waals surface area contributed by atoms with Gasteiger partial charge in [-0.2, -0.15) is 0 Å². The van der Waals surface area contributed by atoms with E-state index < -0.39 is 5.97 Å². The van der Waals surface area contributed by atoms with E-state index in [1.165, 1.54) is 6.20 Å². The van der Waals surface area contributed by atoms with Crippen molar-refractivity contribution in [3.05, 3.63) is 53.7 Å². The summed E-state index contributed by atoms with van der Waals surface area (Å²) in [5.74, 6) is 0.653. The zero-order valence-electron chi connectivity index (χ0n) is 10.4. The monoisotopic (exact) mass is 275 g/mol. The summed E-state index contributed by atoms with van der Waals surface area (Å²) in [6, 6.07) is 11.1. The average molecular weight is 275 g/mol. The summed E-state index contributed by atoms with van der Waals surface area (Å²) in [5, 5.41) is 9.58. The van der Waals surface area contributed by atoms with Crippen molar-refractivity contribution >= 4 is 17.7 Å². The van der Waals surface area contributed by atoms with E-state index >= 15 is 0 Å². The van der Waals surface area contributed by atoms with Gasteiger partial charge >= 0.3 is 5.97 Å². The molecule has 2 aromatic rings. The van der Waals surface area contributed by atoms with Crippen LogP contribution in [0.1, 0.15) is 15.9 Å². The molecule has 0 saturated carbocycles. The molecule has 0 atom stereocenters. The fourth-order valence-electron chi connectivity index (χ4n) is 1.47. The van der Waals surface area contributed by atoms with Crippen LogP contribution in [-0.2, 0) is 5.75 Å². The molecule has 0 spiro atoms. The number of rotatable bonds is 5. The lowest BCUT2D eigenvalue weighted by Crippen LogP contribution is -1.96. The van der Waals surface area contributed by atoms with Gasteiger partial charge in [0, 0.05) is 11.9 Å². The summed E-state index contributed by atoms with van der Waals surface area (Å²) < 4.78 is 5.09. The first-order chi connectivity index (χ1) is 9.19. The number of aromatic nitrogens is 1. The lowest BCUT2D eigenvalue weighted by molar-refractivity contribution is 0.0696. The van der Waals surface area contributed by atoms with Gasteiger partial charge < -0.3 is 9.84 Å². The van der Waals surface area contributed by atoms with Crippen molar-refractivity contribution in [2.24, 2.45) is 0 Å². The summed E-state index contributed by atoms with van der Waals surface area (Å²) in [6.07, 6.45) is 1.37. The second-order valence-electron chi connectivity index (χ2n) is 3.83. The third-order valence-electron chi connectivity index (χ3n) is 2.53. The number of carboxylic acid groups (broad SMARTS) is 1. The van der Waals surface area contributed by atoms with Crippen LogP contribution in [0, 0.1) is 0 Å². The number of benzene rings is 1. The molecular weight excluding hydrogens is 262 g/mol. The number of hydrogen-bond acceptors (Lipinski definition) is 4. The summed E-state index contributed by atoms with van der Waals surface area (Å²) in [5.41, 5.74) is 1.36. The molecule has 0 fully saturated rings. The van der Waals surface area contributed by atoms with Gasteiger partial charge in [0.15, 0.2) is 0 Å². The Bertz CT molecular complexity index is 552. The van der Waals surface area contributed by atoms with Crippen LogP contribution in [0.2, 0.25) is 0 Å². The lowest BCUT2D eigenvalue weighted by atomic mass is 10.2. The van der Waals surface area contributed by atoms with Crippen LogP contribution < -0.4 is 4.74 Å². The summed E-state index contributed by atoms with van der Waals surface area (Å²) in [6.45, 7) is 0. The highest BCUT2D eigenvalue weighted by Gasteiger charge is 2.03. The molecule has 2 rings (SSSR count). The maximum Gasteiger partial charge on any atom is 0.337 e. The quantitative estimate of drug-likeness (QED) is 0.850. The first kappa shape index (κ1) is 13.4. The highest BCUT2D eigenvalue weighted by atomic mass is 32.2. The average Bonchev–Trinajstić information content (AvgIpc) is 2.46. The van der Waals surface area contributed by atoms with E-state index in [1.54, 1.807) is 31.0 Å². The van der Waals surface area contributed by atoms with Crippen molar-refractivity contribution in [1.82, 2.24) is 4.98 Å². The molecule has 0 bridgehead atoms. The fourth-order valence-corrected chi connectivity index (χ4v) is 2.27. The van der Waals surface area contributed by atoms with E-state index in [-0.39, 0.29) is 5.56 Å². The maximum absolute atomic E-state index is 10.7. The van der Waals surface area contributed by atoms with Gasteiger partial charge in [-0.05, 0) is 29.8 Å². The number of carbonyl (C=O) groups is 1. The summed E-state index contributed by atoms with van der Waals surface area (Å²) in [7, 11) is 1.64. The van der Waals surface area contributed by atoms with E-state index in [1.807, 2.05) is 24.3 Å². The van der Waals surface area contributed by atoms with Crippen LogP contribution in [0.15, 0.2) is 47.6 Å². The molecule has 4 nitrogen and oxygen atoms in total. The molecule has 0 aliphatic rings. The minimum absolute atomic E-state index is 0.203. The molecule has 0 aliphatic carbocycles. The first-order valence-electron chi connectivity index (χ1n) is 5.64. The van der Waals surface area contributed by atoms with Crippen molar-refractivity contribution in [2.45, 2.75) is 10.8 Å². The number of methoxy groups -OCH3 is 1. The molecule has 1 aromatic heterocycles. The van der Waals surface area contributed by atoms with E-state index in [2.05, 4.69) is 4.98 Å². The van der Waals surface area contributed by atoms with E-state index in [4.69, 9.17) is 9.84 Å². The van der Waals surface area contributed by atoms with Gasteiger partial charge in [-0.1, -0.05) is 12.1 Å². The zero-order valence-corrected chi connectivity index (χ0v) is 11.2. The topological polar surface area (TPSA) is 59.4 Å². The van der Waals surface area contributed by atoms with Gasteiger partial charge in [-0.15, -0.1) is 11.8 Å². The lowest BCUT2D eigenvalue weighted by Gasteiger charge is -2.03. The van der Waals surface area contributed by atoms with Crippen LogP contribution in [0.5, 0.6) is 5.75 Å². The molecule has 0 saturated heterocycles. The van der Waals surface area contributed by atoms with Gasteiger partial charge in [0.2, 0.25) is 0 Å². The Kier molecular flexibility index (Phi) is 4.41. The number of hydrogen-bond donors (Lipinski definition) is 1. The Balaban J connectivity index is 1.95. The molecule has 1 aromatic carbocycles. The van der Waals surface area contributed by atoms with Crippen LogP contribution >= 0.6 is 11.8 Å². The summed E-state index contributed by atoms with van der Waals surface area (Å²) in [4.78, 5) is 14.8. The largest absolute Gasteiger partial charge is 0.497 e. The number of aromatic carboxylic acids is 1. The Morgan fingerprint density at radius 1 is 1.26 bits per heavy atom. The highest BCUT2D eigenvalue weighted by molar-refractivity contribution is 7.98. The van der Waals surface area contributed by atoms with Gasteiger partial charge in [0.05, 0.1) is 17.7 Å². The molecule has 0 amide bonds. The number of pyridine rings is 1. The van der Waals surface area contributed by atoms with Crippen LogP contribution in [0.25, 0.3) is 0 Å². The Morgan fingerprint density at radius 2 is 2.00 bits per heavy atom. The first-order valence-corrected chi connectivity index (χ1v) is 6.62. The van der Waals surface area contributed by atoms with Crippen molar-refractivity contribution < 1.29 is 14.6 Å². The second-order valence-corrected chi connectivity index (χ2v) is 4.82. The van der Waals surface area contributed by atoms with Gasteiger partial charge in [0.25, 0.3) is 0 Å². The molecular formula is C14H13NO3S. The van der Waals surface area contributed by atoms with Crippen molar-refractivity contribution in [3.8, 4) is 5.75 Å². The predicted octanol–water partition coefficient (Wildman–Crippen LogP) is 3.08. The van der Waals surface area contributed by atoms with E-state index in [9.17, 15) is 4.79 Å². The summed E-state index contributed by atoms with van der Waals surface area (Å²) >= 11 is 1.56. The van der Waals surface area contributed by atoms with Crippen LogP contribution in [0.4, 0.5) is 0 Å². The molecule has 0 radical (unpaired) electrons. The van der Waals surface area contributed by atoms with Crippen molar-refractivity contribution in [1.29, 1.82) is 0 Å². The number of ether oxygens (including phenoxy) is 1. The van der Waals surface area contributed by atoms with Crippen molar-refractivity contribution in [3.63, 3.8) is 0 Å². The zero-order chi connectivity index (χ0) is 13.7. The van der Waals surface area contributed by atoms with E-state index in [0.29, 0.717) is 0 Å². The predicted molar refractivity (Wildman–Crippen MR) is 73.8 cm³/mol. The second kappa shape index (κ2) is 6.24. The maximum atomic E-state index is 10.7. The molecule has 98 valence electrons. The SMILES string of the molecule is COc1ccc(CSc2ccc(C(=O)O)cn2)cc1. The minimum atomic E-state index is -0.959. The normalized spacial score (nSPS) is 10.2. The smallest absolute Gasteiger partial charge is 0.337 e. The van der Waals surface area contributed by atoms with Gasteiger partial charge in [0.1, 0.15) is 5.75 Å². The van der Waals surface area contributed by atoms with Crippen molar-refractivity contribution in [2.75, 3.05) is 7.11 Å². The molecule has 1 N–H and O–H groups in total. The number of carboxylic acids is 1. The fraction of sp³-hybridized carbons (Fsp3) is 0.143. The van der Waals surface area contributed by atoms with Crippen LogP contribution in [0.3, 0.4) is 0 Å². The third kappa shape index (κ3) is 3.72. The van der Waals surface area contributed by atoms with Crippen LogP contribution in [-0.4, -0.2) is 23.2 Å². The molecule has 0 unspecified atom stereocenters. The Hall–Kier alpha value is -2.01. The van der Waals surface area contributed by atoms with E-state index in [0.717, 1.165) is 22.1 Å². The number of nitrogens with zero attached hydrogens (tertiary/aromatic N) is 1. The highest BCUT2D eigenvalue weighted by Crippen LogP contribution is 2.22. The molecule has 0 aliphatic heterocycles. The van der Waals surface area contributed by atoms with Gasteiger partial charge in [-0.3, -0.25) is 0 Å². The van der Waals surface area contributed by atoms with Gasteiger partial charge in [-0.25, -0.2) is 9.78 Å². The Labute approximate surface area is 115 Å². The minimum Gasteiger partial charge on any atom is -0.497 e. The standard InChI is InChI=1S/C14H13NO3S/c1-18-12-5-2-10(3-6-12)9-19-13-7-4-11(8-15-13)14(16)17/h2-8H,9H2,1H3,(H,16,17). The molecule has 19 heavy (non-hydrogen) atoms. The Morgan fingerprint density at radius 3 is 2.53 bits per heavy atom.